The van der Waals surface area contributed by atoms with Gasteiger partial charge in [-0.25, -0.2) is 4.79 Å². The Labute approximate surface area is 142 Å². The summed E-state index contributed by atoms with van der Waals surface area (Å²) >= 11 is 1.01. The maximum absolute atomic E-state index is 11.6. The Hall–Kier alpha value is -2.65. The Kier molecular flexibility index (Phi) is 6.52. The van der Waals surface area contributed by atoms with Gasteiger partial charge in [-0.2, -0.15) is 5.10 Å². The summed E-state index contributed by atoms with van der Waals surface area (Å²) in [6, 6.07) is 7.19. The van der Waals surface area contributed by atoms with Crippen molar-refractivity contribution < 1.29 is 23.8 Å². The van der Waals surface area contributed by atoms with Gasteiger partial charge >= 0.3 is 5.97 Å². The average Bonchev–Trinajstić information content (AvgIpc) is 2.93. The predicted molar refractivity (Wildman–Crippen MR) is 89.8 cm³/mol. The molecule has 1 aliphatic heterocycles. The number of esters is 1. The minimum atomic E-state index is -0.606. The fourth-order valence-corrected chi connectivity index (χ4v) is 2.34. The normalized spacial score (nSPS) is 17.5. The zero-order valence-corrected chi connectivity index (χ0v) is 13.8. The summed E-state index contributed by atoms with van der Waals surface area (Å²) in [7, 11) is 2.78. The zero-order valence-electron chi connectivity index (χ0n) is 13.0. The second-order valence-electron chi connectivity index (χ2n) is 4.36. The van der Waals surface area contributed by atoms with Gasteiger partial charge in [0, 0.05) is 13.2 Å². The topological polar surface area (TPSA) is 98.6 Å². The molecule has 0 saturated carbocycles. The van der Waals surface area contributed by atoms with Crippen molar-refractivity contribution in [2.75, 3.05) is 21.0 Å². The van der Waals surface area contributed by atoms with Gasteiger partial charge in [0.15, 0.2) is 12.0 Å². The summed E-state index contributed by atoms with van der Waals surface area (Å²) in [6.07, 6.45) is 2.62. The van der Waals surface area contributed by atoms with E-state index in [0.717, 1.165) is 23.4 Å². The lowest BCUT2D eigenvalue weighted by atomic mass is 10.2. The number of nitrogens with one attached hydrogen (secondary N) is 1. The van der Waals surface area contributed by atoms with E-state index in [2.05, 4.69) is 20.3 Å². The highest BCUT2D eigenvalue weighted by atomic mass is 32.2. The zero-order chi connectivity index (χ0) is 17.4. The van der Waals surface area contributed by atoms with Crippen molar-refractivity contribution in [1.82, 2.24) is 5.32 Å². The summed E-state index contributed by atoms with van der Waals surface area (Å²) in [5, 5.41) is 10.6. The number of thioether (sulfide) groups is 1. The molecule has 1 heterocycles. The molecule has 0 aromatic heterocycles. The highest BCUT2D eigenvalue weighted by Gasteiger charge is 2.24. The largest absolute Gasteiger partial charge is 0.468 e. The van der Waals surface area contributed by atoms with Crippen molar-refractivity contribution in [3.63, 3.8) is 0 Å². The maximum atomic E-state index is 11.6. The number of benzene rings is 1. The quantitative estimate of drug-likeness (QED) is 0.273. The van der Waals surface area contributed by atoms with Crippen molar-refractivity contribution in [3.8, 4) is 5.75 Å². The van der Waals surface area contributed by atoms with E-state index in [-0.39, 0.29) is 16.9 Å². The van der Waals surface area contributed by atoms with Crippen LogP contribution in [0.4, 0.5) is 0 Å². The van der Waals surface area contributed by atoms with Crippen LogP contribution in [0.1, 0.15) is 5.56 Å². The van der Waals surface area contributed by atoms with E-state index in [4.69, 9.17) is 9.47 Å². The van der Waals surface area contributed by atoms with Crippen molar-refractivity contribution >= 4 is 35.0 Å². The van der Waals surface area contributed by atoms with E-state index in [1.54, 1.807) is 12.1 Å². The first-order valence-electron chi connectivity index (χ1n) is 6.74. The molecule has 0 bridgehead atoms. The number of carbonyl (C=O) groups is 2. The molecule has 0 radical (unpaired) electrons. The number of rotatable bonds is 6. The van der Waals surface area contributed by atoms with E-state index >= 15 is 0 Å². The number of hydrogen-bond donors (Lipinski definition) is 1. The Morgan fingerprint density at radius 2 is 2.21 bits per heavy atom. The van der Waals surface area contributed by atoms with Gasteiger partial charge in [-0.15, -0.1) is 5.10 Å². The number of carbonyl (C=O) groups excluding carboxylic acids is 2. The maximum Gasteiger partial charge on any atom is 0.331 e. The number of methoxy groups -OCH3 is 2. The number of nitrogens with zero attached hydrogens (tertiary/aromatic N) is 2. The minimum absolute atomic E-state index is 0.154. The van der Waals surface area contributed by atoms with Crippen LogP contribution in [0.25, 0.3) is 0 Å². The first-order chi connectivity index (χ1) is 11.6. The Morgan fingerprint density at radius 3 is 2.96 bits per heavy atom. The molecular weight excluding hydrogens is 334 g/mol. The fourth-order valence-electron chi connectivity index (χ4n) is 1.60. The Morgan fingerprint density at radius 1 is 1.38 bits per heavy atom. The molecule has 1 amide bonds. The van der Waals surface area contributed by atoms with E-state index in [1.807, 2.05) is 12.1 Å². The summed E-state index contributed by atoms with van der Waals surface area (Å²) in [5.74, 6) is -0.389. The Balaban J connectivity index is 2.01. The van der Waals surface area contributed by atoms with E-state index in [0.29, 0.717) is 5.75 Å². The Bertz CT molecular complexity index is 715. The highest BCUT2D eigenvalue weighted by Crippen LogP contribution is 2.23. The third kappa shape index (κ3) is 5.21. The summed E-state index contributed by atoms with van der Waals surface area (Å²) < 4.78 is 14.6. The van der Waals surface area contributed by atoms with Crippen LogP contribution in [0.2, 0.25) is 0 Å². The molecule has 1 aromatic rings. The summed E-state index contributed by atoms with van der Waals surface area (Å²) in [5.41, 5.74) is 0.771. The molecule has 0 unspecified atom stereocenters. The lowest BCUT2D eigenvalue weighted by molar-refractivity contribution is -0.135. The van der Waals surface area contributed by atoms with Crippen LogP contribution < -0.4 is 10.1 Å². The van der Waals surface area contributed by atoms with Gasteiger partial charge in [0.2, 0.25) is 0 Å². The smallest absolute Gasteiger partial charge is 0.331 e. The molecule has 0 spiro atoms. The van der Waals surface area contributed by atoms with Crippen LogP contribution in [-0.4, -0.2) is 44.3 Å². The van der Waals surface area contributed by atoms with Gasteiger partial charge in [0.1, 0.15) is 5.75 Å². The molecule has 1 N–H and O–H groups in total. The number of ether oxygens (including phenoxy) is 3. The standard InChI is InChI=1S/C15H15N3O5S/c1-21-9-23-11-5-3-4-10(6-11)8-16-18-15-17-14(20)12(24-15)7-13(19)22-2/h3-8H,9H2,1-2H3,(H,17,18,20)/b12-7+,16-8?. The second kappa shape index (κ2) is 8.85. The average molecular weight is 349 g/mol. The number of hydrogen-bond acceptors (Lipinski definition) is 8. The SMILES string of the molecule is COCOc1cccc(C=N/N=C2/NC(=O)/C(=C\C(=O)OC)S2)c1. The van der Waals surface area contributed by atoms with Crippen LogP contribution in [-0.2, 0) is 19.1 Å². The minimum Gasteiger partial charge on any atom is -0.468 e. The van der Waals surface area contributed by atoms with Gasteiger partial charge in [-0.1, -0.05) is 12.1 Å². The van der Waals surface area contributed by atoms with E-state index in [1.165, 1.54) is 20.4 Å². The number of amides is 1. The molecule has 0 atom stereocenters. The number of amidine groups is 1. The molecule has 1 fully saturated rings. The van der Waals surface area contributed by atoms with Gasteiger partial charge in [0.05, 0.1) is 18.2 Å². The van der Waals surface area contributed by atoms with Crippen LogP contribution in [0.3, 0.4) is 0 Å². The monoisotopic (exact) mass is 349 g/mol. The van der Waals surface area contributed by atoms with Crippen LogP contribution in [0, 0.1) is 0 Å². The first-order valence-corrected chi connectivity index (χ1v) is 7.55. The van der Waals surface area contributed by atoms with E-state index < -0.39 is 11.9 Å². The molecule has 24 heavy (non-hydrogen) atoms. The van der Waals surface area contributed by atoms with Gasteiger partial charge in [-0.3, -0.25) is 10.1 Å². The third-order valence-corrected chi connectivity index (χ3v) is 3.56. The molecule has 0 aliphatic carbocycles. The molecule has 1 aliphatic rings. The van der Waals surface area contributed by atoms with Gasteiger partial charge < -0.3 is 14.2 Å². The lowest BCUT2D eigenvalue weighted by Gasteiger charge is -2.04. The lowest BCUT2D eigenvalue weighted by Crippen LogP contribution is -2.19. The molecule has 9 heteroatoms. The molecule has 8 nitrogen and oxygen atoms in total. The van der Waals surface area contributed by atoms with Crippen molar-refractivity contribution in [3.05, 3.63) is 40.8 Å². The van der Waals surface area contributed by atoms with Crippen molar-refractivity contribution in [1.29, 1.82) is 0 Å². The van der Waals surface area contributed by atoms with Crippen molar-refractivity contribution in [2.45, 2.75) is 0 Å². The van der Waals surface area contributed by atoms with Crippen LogP contribution in [0.5, 0.6) is 5.75 Å². The molecule has 1 aromatic carbocycles. The molecule has 1 saturated heterocycles. The first kappa shape index (κ1) is 17.7. The summed E-state index contributed by atoms with van der Waals surface area (Å²) in [6.45, 7) is 0.154. The molecule has 126 valence electrons. The van der Waals surface area contributed by atoms with Crippen molar-refractivity contribution in [2.24, 2.45) is 10.2 Å². The van der Waals surface area contributed by atoms with Crippen LogP contribution in [0.15, 0.2) is 45.4 Å². The highest BCUT2D eigenvalue weighted by molar-refractivity contribution is 8.18. The second-order valence-corrected chi connectivity index (χ2v) is 5.39. The van der Waals surface area contributed by atoms with Gasteiger partial charge in [0.25, 0.3) is 5.91 Å². The molecular formula is C15H15N3O5S. The predicted octanol–water partition coefficient (Wildman–Crippen LogP) is 1.28. The van der Waals surface area contributed by atoms with Gasteiger partial charge in [-0.05, 0) is 29.5 Å². The molecule has 2 rings (SSSR count). The fraction of sp³-hybridized carbons (Fsp3) is 0.200. The summed E-state index contributed by atoms with van der Waals surface area (Å²) in [4.78, 5) is 23.0. The third-order valence-electron chi connectivity index (χ3n) is 2.66. The van der Waals surface area contributed by atoms with Crippen LogP contribution >= 0.6 is 11.8 Å². The van der Waals surface area contributed by atoms with E-state index in [9.17, 15) is 9.59 Å².